The van der Waals surface area contributed by atoms with Gasteiger partial charge >= 0.3 is 6.09 Å². The van der Waals surface area contributed by atoms with E-state index in [1.54, 1.807) is 58.1 Å². The number of aryl methyl sites for hydroxylation is 2. The van der Waals surface area contributed by atoms with E-state index in [1.807, 2.05) is 60.9 Å². The van der Waals surface area contributed by atoms with E-state index < -0.39 is 17.7 Å². The van der Waals surface area contributed by atoms with E-state index in [-0.39, 0.29) is 44.0 Å². The first kappa shape index (κ1) is 50.1. The SMILES string of the molecule is Cc1nc(Nc2ncc(-c3ccccc3)s2)cc(OCCNC(=O)[C@@H]2COCCN2C(=O)OC(C)(C)C)n1.Cc1nc(Nc2ncc(-c3ccccc3)s2)cc(OCCNC(=O)[C@H]2CCCOC2)n1. The number of amides is 3. The summed E-state index contributed by atoms with van der Waals surface area (Å²) >= 11 is 3.07. The molecule has 8 rings (SSSR count). The fraction of sp³-hybridized carbons (Fsp3) is 0.396. The van der Waals surface area contributed by atoms with Crippen molar-refractivity contribution < 1.29 is 38.1 Å². The van der Waals surface area contributed by atoms with E-state index in [4.69, 9.17) is 23.7 Å². The number of morpholine rings is 1. The Bertz CT molecular complexity index is 2610. The van der Waals surface area contributed by atoms with Crippen LogP contribution in [0.5, 0.6) is 11.8 Å². The van der Waals surface area contributed by atoms with Gasteiger partial charge in [-0.2, -0.15) is 9.97 Å². The van der Waals surface area contributed by atoms with Crippen LogP contribution in [0.3, 0.4) is 0 Å². The minimum Gasteiger partial charge on any atom is -0.476 e. The van der Waals surface area contributed by atoms with Crippen LogP contribution in [-0.4, -0.2) is 124 Å². The largest absolute Gasteiger partial charge is 0.476 e. The van der Waals surface area contributed by atoms with Gasteiger partial charge in [0.25, 0.3) is 0 Å². The van der Waals surface area contributed by atoms with Gasteiger partial charge in [-0.25, -0.2) is 24.7 Å². The Kier molecular flexibility index (Phi) is 17.8. The molecule has 0 saturated carbocycles. The van der Waals surface area contributed by atoms with Crippen molar-refractivity contribution in [3.8, 4) is 32.6 Å². The number of hydrogen-bond acceptors (Lipinski definition) is 18. The zero-order valence-corrected chi connectivity index (χ0v) is 40.9. The number of nitrogens with zero attached hydrogens (tertiary/aromatic N) is 7. The molecule has 3 amide bonds. The van der Waals surface area contributed by atoms with E-state index in [0.29, 0.717) is 66.5 Å². The van der Waals surface area contributed by atoms with E-state index in [9.17, 15) is 14.4 Å². The van der Waals surface area contributed by atoms with Crippen molar-refractivity contribution >= 4 is 62.5 Å². The number of anilines is 4. The first-order chi connectivity index (χ1) is 33.3. The van der Waals surface area contributed by atoms with Gasteiger partial charge in [0, 0.05) is 37.7 Å². The molecule has 4 N–H and O–H groups in total. The summed E-state index contributed by atoms with van der Waals surface area (Å²) < 4.78 is 27.7. The number of nitrogens with one attached hydrogen (secondary N) is 4. The van der Waals surface area contributed by atoms with Crippen molar-refractivity contribution in [2.75, 3.05) is 69.9 Å². The maximum absolute atomic E-state index is 12.8. The molecule has 2 aliphatic heterocycles. The number of hydrogen-bond donors (Lipinski definition) is 4. The Morgan fingerprint density at radius 3 is 1.74 bits per heavy atom. The number of thiazole rings is 2. The van der Waals surface area contributed by atoms with Gasteiger partial charge in [-0.3, -0.25) is 14.5 Å². The lowest BCUT2D eigenvalue weighted by Gasteiger charge is -2.35. The fourth-order valence-corrected chi connectivity index (χ4v) is 8.60. The monoisotopic (exact) mass is 979 g/mol. The van der Waals surface area contributed by atoms with Gasteiger partial charge in [0.05, 0.1) is 48.6 Å². The van der Waals surface area contributed by atoms with Crippen LogP contribution >= 0.6 is 22.7 Å². The van der Waals surface area contributed by atoms with Gasteiger partial charge in [0.2, 0.25) is 23.6 Å². The van der Waals surface area contributed by atoms with Gasteiger partial charge in [-0.1, -0.05) is 83.3 Å². The number of benzene rings is 2. The summed E-state index contributed by atoms with van der Waals surface area (Å²) in [5.41, 5.74) is 1.56. The van der Waals surface area contributed by atoms with Crippen LogP contribution in [0.25, 0.3) is 20.9 Å². The molecule has 2 aromatic carbocycles. The maximum Gasteiger partial charge on any atom is 0.411 e. The number of ether oxygens (including phenoxy) is 5. The highest BCUT2D eigenvalue weighted by atomic mass is 32.1. The quantitative estimate of drug-likeness (QED) is 0.0695. The Labute approximate surface area is 408 Å². The van der Waals surface area contributed by atoms with E-state index in [0.717, 1.165) is 45.5 Å². The van der Waals surface area contributed by atoms with Crippen molar-refractivity contribution in [2.24, 2.45) is 5.92 Å². The van der Waals surface area contributed by atoms with E-state index in [2.05, 4.69) is 63.3 Å². The molecule has 2 saturated heterocycles. The molecule has 2 fully saturated rings. The standard InChI is InChI=1S/C26H32N6O5S.C22H25N5O3S/c1-17-29-21(31-24-28-15-20(38-24)18-8-6-5-7-9-18)14-22(30-17)36-12-10-27-23(33)19-16-35-13-11-32(19)25(34)37-26(2,3)4;1-15-25-19(27-22-24-13-18(31-22)16-6-3-2-4-7-16)12-20(26-15)30-11-9-23-21(28)17-8-5-10-29-14-17/h5-9,14-15,19H,10-13,16H2,1-4H3,(H,27,33)(H,28,29,30,31);2-4,6-7,12-13,17H,5,8-11,14H2,1H3,(H,23,28)(H,24,25,26,27)/t19-;17-/m00/s1. The molecule has 21 heteroatoms. The number of rotatable bonds is 16. The van der Waals surface area contributed by atoms with Crippen molar-refractivity contribution in [1.29, 1.82) is 0 Å². The molecule has 0 spiro atoms. The van der Waals surface area contributed by atoms with Gasteiger partial charge < -0.3 is 45.0 Å². The molecule has 0 unspecified atom stereocenters. The molecule has 0 aliphatic carbocycles. The third kappa shape index (κ3) is 15.6. The first-order valence-electron chi connectivity index (χ1n) is 22.6. The highest BCUT2D eigenvalue weighted by Crippen LogP contribution is 2.32. The lowest BCUT2D eigenvalue weighted by molar-refractivity contribution is -0.132. The zero-order valence-electron chi connectivity index (χ0n) is 39.2. The molecule has 0 radical (unpaired) electrons. The second-order valence-electron chi connectivity index (χ2n) is 16.8. The molecular weight excluding hydrogens is 923 g/mol. The minimum absolute atomic E-state index is 0.0162. The predicted octanol–water partition coefficient (Wildman–Crippen LogP) is 7.36. The molecule has 6 heterocycles. The molecule has 69 heavy (non-hydrogen) atoms. The second kappa shape index (κ2) is 24.5. The number of aromatic nitrogens is 6. The Balaban J connectivity index is 0.000000208. The summed E-state index contributed by atoms with van der Waals surface area (Å²) in [4.78, 5) is 67.3. The average Bonchev–Trinajstić information content (AvgIpc) is 4.02. The number of carbonyl (C=O) groups is 3. The summed E-state index contributed by atoms with van der Waals surface area (Å²) in [5, 5.41) is 13.6. The average molecular weight is 980 g/mol. The second-order valence-corrected chi connectivity index (χ2v) is 18.8. The summed E-state index contributed by atoms with van der Waals surface area (Å²) in [6, 6.07) is 22.8. The molecule has 2 atom stereocenters. The molecular formula is C48H57N11O8S2. The molecule has 4 aromatic heterocycles. The van der Waals surface area contributed by atoms with Crippen LogP contribution in [0.1, 0.15) is 45.3 Å². The van der Waals surface area contributed by atoms with Gasteiger partial charge in [0.15, 0.2) is 10.3 Å². The third-order valence-electron chi connectivity index (χ3n) is 10.1. The third-order valence-corrected chi connectivity index (χ3v) is 12.0. The van der Waals surface area contributed by atoms with Crippen LogP contribution in [0, 0.1) is 19.8 Å². The van der Waals surface area contributed by atoms with Crippen LogP contribution in [-0.2, 0) is 23.8 Å². The van der Waals surface area contributed by atoms with Crippen molar-refractivity contribution in [3.63, 3.8) is 0 Å². The van der Waals surface area contributed by atoms with Crippen LogP contribution < -0.4 is 30.7 Å². The highest BCUT2D eigenvalue weighted by molar-refractivity contribution is 7.19. The van der Waals surface area contributed by atoms with Crippen LogP contribution in [0.15, 0.2) is 85.2 Å². The van der Waals surface area contributed by atoms with E-state index >= 15 is 0 Å². The Hall–Kier alpha value is -6.81. The van der Waals surface area contributed by atoms with Crippen molar-refractivity contribution in [1.82, 2.24) is 45.4 Å². The van der Waals surface area contributed by atoms with Crippen LogP contribution in [0.2, 0.25) is 0 Å². The summed E-state index contributed by atoms with van der Waals surface area (Å²) in [6.07, 6.45) is 4.92. The Morgan fingerprint density at radius 1 is 0.710 bits per heavy atom. The smallest absolute Gasteiger partial charge is 0.411 e. The van der Waals surface area contributed by atoms with Gasteiger partial charge in [0.1, 0.15) is 48.1 Å². The first-order valence-corrected chi connectivity index (χ1v) is 24.2. The van der Waals surface area contributed by atoms with Crippen LogP contribution in [0.4, 0.5) is 26.7 Å². The summed E-state index contributed by atoms with van der Waals surface area (Å²) in [7, 11) is 0. The topological polar surface area (TPSA) is 226 Å². The summed E-state index contributed by atoms with van der Waals surface area (Å²) in [6.45, 7) is 12.0. The molecule has 0 bridgehead atoms. The maximum atomic E-state index is 12.8. The highest BCUT2D eigenvalue weighted by Gasteiger charge is 2.35. The fourth-order valence-electron chi connectivity index (χ4n) is 6.94. The minimum atomic E-state index is -0.769. The van der Waals surface area contributed by atoms with Gasteiger partial charge in [-0.05, 0) is 58.6 Å². The zero-order chi connectivity index (χ0) is 48.6. The Morgan fingerprint density at radius 2 is 1.23 bits per heavy atom. The van der Waals surface area contributed by atoms with E-state index in [1.165, 1.54) is 16.2 Å². The normalized spacial score (nSPS) is 15.8. The lowest BCUT2D eigenvalue weighted by Crippen LogP contribution is -2.57. The molecule has 19 nitrogen and oxygen atoms in total. The van der Waals surface area contributed by atoms with Crippen molar-refractivity contribution in [3.05, 3.63) is 96.8 Å². The van der Waals surface area contributed by atoms with Crippen molar-refractivity contribution in [2.45, 2.75) is 59.1 Å². The predicted molar refractivity (Wildman–Crippen MR) is 263 cm³/mol. The molecule has 2 aliphatic rings. The lowest BCUT2D eigenvalue weighted by atomic mass is 10.0. The molecule has 364 valence electrons. The summed E-state index contributed by atoms with van der Waals surface area (Å²) in [5.74, 6) is 2.71. The van der Waals surface area contributed by atoms with Gasteiger partial charge in [-0.15, -0.1) is 0 Å². The molecule has 6 aromatic rings. The number of carbonyl (C=O) groups excluding carboxylic acids is 3.